The van der Waals surface area contributed by atoms with Gasteiger partial charge in [0.15, 0.2) is 0 Å². The smallest absolute Gasteiger partial charge is 0.410 e. The number of amides is 10. The molecule has 0 radical (unpaired) electrons. The monoisotopic (exact) mass is 1230 g/mol. The van der Waals surface area contributed by atoms with Crippen molar-refractivity contribution in [1.82, 2.24) is 41.3 Å². The zero-order valence-corrected chi connectivity index (χ0v) is 54.3. The number of hydrogen-bond donors (Lipinski definition) is 8. The second-order valence-corrected chi connectivity index (χ2v) is 24.2. The van der Waals surface area contributed by atoms with Crippen molar-refractivity contribution < 1.29 is 67.3 Å². The quantitative estimate of drug-likeness (QED) is 0.0312. The van der Waals surface area contributed by atoms with E-state index in [4.69, 9.17) is 19.9 Å². The van der Waals surface area contributed by atoms with Gasteiger partial charge in [-0.15, -0.1) is 0 Å². The van der Waals surface area contributed by atoms with Gasteiger partial charge in [-0.2, -0.15) is 0 Å². The van der Waals surface area contributed by atoms with Gasteiger partial charge in [0.05, 0.1) is 48.8 Å². The van der Waals surface area contributed by atoms with E-state index in [1.54, 1.807) is 109 Å². The summed E-state index contributed by atoms with van der Waals surface area (Å²) in [6, 6.07) is 8.89. The molecule has 24 heteroatoms. The summed E-state index contributed by atoms with van der Waals surface area (Å²) < 4.78 is 17.7. The number of primary amides is 1. The van der Waals surface area contributed by atoms with Gasteiger partial charge in [0, 0.05) is 59.9 Å². The highest BCUT2D eigenvalue weighted by atomic mass is 16.6. The lowest BCUT2D eigenvalue weighted by Crippen LogP contribution is -2.60. The number of nitrogens with zero attached hydrogens (tertiary/aromatic N) is 3. The van der Waals surface area contributed by atoms with Crippen molar-refractivity contribution in [3.8, 4) is 0 Å². The van der Waals surface area contributed by atoms with Crippen LogP contribution >= 0.6 is 0 Å². The summed E-state index contributed by atoms with van der Waals surface area (Å²) in [6.45, 7) is 18.4. The van der Waals surface area contributed by atoms with Crippen molar-refractivity contribution in [3.05, 3.63) is 65.7 Å². The number of rotatable bonds is 37. The normalized spacial score (nSPS) is 16.9. The fourth-order valence-corrected chi connectivity index (χ4v) is 11.2. The highest BCUT2D eigenvalue weighted by Crippen LogP contribution is 2.30. The second kappa shape index (κ2) is 37.6. The molecule has 88 heavy (non-hydrogen) atoms. The van der Waals surface area contributed by atoms with E-state index >= 15 is 0 Å². The molecule has 1 fully saturated rings. The number of carbonyl (C=O) groups excluding carboxylic acids is 10. The maximum absolute atomic E-state index is 14.8. The summed E-state index contributed by atoms with van der Waals surface area (Å²) in [4.78, 5) is 137. The molecule has 0 aliphatic carbocycles. The highest BCUT2D eigenvalue weighted by molar-refractivity contribution is 5.98. The molecular weight excluding hydrogens is 1130 g/mol. The third-order valence-corrected chi connectivity index (χ3v) is 16.5. The van der Waals surface area contributed by atoms with E-state index in [0.29, 0.717) is 61.9 Å². The molecule has 3 rings (SSSR count). The number of aliphatic hydroxyl groups is 1. The van der Waals surface area contributed by atoms with Gasteiger partial charge < -0.3 is 71.5 Å². The van der Waals surface area contributed by atoms with Gasteiger partial charge in [0.25, 0.3) is 0 Å². The van der Waals surface area contributed by atoms with Crippen LogP contribution in [0.5, 0.6) is 0 Å². The summed E-state index contributed by atoms with van der Waals surface area (Å²) >= 11 is 0. The Balaban J connectivity index is 1.71. The predicted octanol–water partition coefficient (Wildman–Crippen LogP) is 5.35. The number of likely N-dealkylation sites (N-methyl/N-ethyl adjacent to an activating group) is 2. The molecule has 492 valence electrons. The van der Waals surface area contributed by atoms with Gasteiger partial charge in [0.2, 0.25) is 41.4 Å². The van der Waals surface area contributed by atoms with Crippen molar-refractivity contribution in [2.24, 2.45) is 35.3 Å². The number of aliphatic hydroxyl groups excluding tert-OH is 1. The Kier molecular flexibility index (Phi) is 32.1. The van der Waals surface area contributed by atoms with Gasteiger partial charge in [-0.05, 0) is 92.4 Å². The maximum atomic E-state index is 14.8. The molecule has 0 bridgehead atoms. The van der Waals surface area contributed by atoms with Crippen LogP contribution in [0.3, 0.4) is 0 Å². The van der Waals surface area contributed by atoms with Crippen LogP contribution in [-0.2, 0) is 59.2 Å². The number of anilines is 1. The zero-order valence-electron chi connectivity index (χ0n) is 54.3. The number of ether oxygens (including phenoxy) is 3. The Morgan fingerprint density at radius 1 is 0.750 bits per heavy atom. The summed E-state index contributed by atoms with van der Waals surface area (Å²) in [6.07, 6.45) is 1.24. The van der Waals surface area contributed by atoms with E-state index < -0.39 is 114 Å². The Bertz CT molecular complexity index is 2570. The molecule has 24 nitrogen and oxygen atoms in total. The maximum Gasteiger partial charge on any atom is 0.410 e. The molecular formula is C64H102N10O14. The zero-order chi connectivity index (χ0) is 65.9. The lowest BCUT2D eigenvalue weighted by molar-refractivity contribution is -0.148. The average Bonchev–Trinajstić information content (AvgIpc) is 2.45. The number of nitrogens with two attached hydrogens (primary N) is 1. The van der Waals surface area contributed by atoms with E-state index in [0.717, 1.165) is 6.29 Å². The van der Waals surface area contributed by atoms with Gasteiger partial charge in [-0.3, -0.25) is 38.5 Å². The number of likely N-dealkylation sites (tertiary alicyclic amines) is 1. The molecule has 2 aromatic carbocycles. The fraction of sp³-hybridized carbons (Fsp3) is 0.656. The SMILES string of the molecule is CCC(C)C(C(CC(=O)N1CCCC1C(OC)C(C)C(=O)NC(C)C(O)c1ccccc1)OC)N(C)C(=O)C(NC(=O)C(C(C)C)N(C)C(=O)OCc1ccc(NC(=O)C(CCCNC(N)=O)NC(=O)C(NC(=O)CCCCC=O)C(C)C)cc1)C(C)C. The van der Waals surface area contributed by atoms with Crippen LogP contribution in [0, 0.1) is 29.6 Å². The third-order valence-electron chi connectivity index (χ3n) is 16.5. The van der Waals surface area contributed by atoms with Crippen LogP contribution < -0.4 is 37.6 Å². The van der Waals surface area contributed by atoms with E-state index in [-0.39, 0.29) is 68.4 Å². The van der Waals surface area contributed by atoms with Gasteiger partial charge in [-0.1, -0.05) is 111 Å². The van der Waals surface area contributed by atoms with E-state index in [2.05, 4.69) is 31.9 Å². The first-order valence-corrected chi connectivity index (χ1v) is 31.0. The van der Waals surface area contributed by atoms with E-state index in [1.165, 1.54) is 26.2 Å². The first-order valence-electron chi connectivity index (χ1n) is 31.0. The summed E-state index contributed by atoms with van der Waals surface area (Å²) in [5.74, 6) is -5.12. The molecule has 1 aliphatic heterocycles. The molecule has 12 unspecified atom stereocenters. The Labute approximate surface area is 520 Å². The minimum absolute atomic E-state index is 0.0868. The molecule has 2 aromatic rings. The Morgan fingerprint density at radius 3 is 1.97 bits per heavy atom. The van der Waals surface area contributed by atoms with Crippen LogP contribution in [0.15, 0.2) is 54.6 Å². The first kappa shape index (κ1) is 75.1. The second-order valence-electron chi connectivity index (χ2n) is 24.2. The molecule has 1 heterocycles. The standard InChI is InChI=1S/C64H102N10O14/c1-15-41(8)55(49(86-13)36-51(77)74-34-23-27-48(74)57(87-14)42(9)58(79)67-43(10)56(78)45-24-18-16-19-25-45)72(11)62(83)53(39(4)5)71-61(82)54(40(6)7)73(12)64(85)88-37-44-29-31-46(32-30-44)68-59(80)47(26-22-33-66-63(65)84)69-60(81)52(38(2)3)70-50(76)28-20-17-21-35-75/h16,18-19,24-25,29-32,35,38-43,47-49,52-57,78H,15,17,20-23,26-28,33-34,36-37H2,1-14H3,(H,67,79)(H,68,80)(H,69,81)(H,70,76)(H,71,82)(H3,65,66,84). The molecule has 9 N–H and O–H groups in total. The number of methoxy groups -OCH3 is 2. The lowest BCUT2D eigenvalue weighted by atomic mass is 9.89. The van der Waals surface area contributed by atoms with Gasteiger partial charge in [0.1, 0.15) is 37.1 Å². The Hall–Kier alpha value is -7.18. The molecule has 12 atom stereocenters. The number of unbranched alkanes of at least 4 members (excludes halogenated alkanes) is 2. The molecule has 0 aromatic heterocycles. The van der Waals surface area contributed by atoms with Gasteiger partial charge >= 0.3 is 12.1 Å². The average molecular weight is 1240 g/mol. The van der Waals surface area contributed by atoms with Crippen molar-refractivity contribution in [2.45, 2.75) is 201 Å². The molecule has 10 amide bonds. The van der Waals surface area contributed by atoms with Crippen molar-refractivity contribution in [1.29, 1.82) is 0 Å². The van der Waals surface area contributed by atoms with Crippen LogP contribution in [0.4, 0.5) is 15.3 Å². The summed E-state index contributed by atoms with van der Waals surface area (Å²) in [7, 11) is 6.09. The van der Waals surface area contributed by atoms with Crippen molar-refractivity contribution >= 4 is 65.4 Å². The first-order chi connectivity index (χ1) is 41.6. The fourth-order valence-electron chi connectivity index (χ4n) is 11.2. The van der Waals surface area contributed by atoms with E-state index in [9.17, 15) is 53.1 Å². The largest absolute Gasteiger partial charge is 0.445 e. The van der Waals surface area contributed by atoms with Gasteiger partial charge in [-0.25, -0.2) is 9.59 Å². The van der Waals surface area contributed by atoms with Crippen LogP contribution in [0.2, 0.25) is 0 Å². The van der Waals surface area contributed by atoms with Crippen LogP contribution in [0.1, 0.15) is 151 Å². The molecule has 1 aliphatic rings. The summed E-state index contributed by atoms with van der Waals surface area (Å²) in [5, 5.41) is 27.6. The number of hydrogen-bond acceptors (Lipinski definition) is 14. The van der Waals surface area contributed by atoms with E-state index in [1.807, 2.05) is 32.0 Å². The number of benzene rings is 2. The number of aldehydes is 1. The predicted molar refractivity (Wildman–Crippen MR) is 334 cm³/mol. The highest BCUT2D eigenvalue weighted by Gasteiger charge is 2.44. The van der Waals surface area contributed by atoms with Crippen LogP contribution in [-0.4, -0.2) is 175 Å². The lowest BCUT2D eigenvalue weighted by Gasteiger charge is -2.41. The minimum atomic E-state index is -1.08. The minimum Gasteiger partial charge on any atom is -0.445 e. The topological polar surface area (TPSA) is 327 Å². The van der Waals surface area contributed by atoms with Crippen LogP contribution in [0.25, 0.3) is 0 Å². The number of carbonyl (C=O) groups is 10. The molecule has 1 saturated heterocycles. The number of nitrogens with one attached hydrogen (secondary N) is 6. The third kappa shape index (κ3) is 22.8. The molecule has 0 saturated carbocycles. The summed E-state index contributed by atoms with van der Waals surface area (Å²) in [5.41, 5.74) is 6.77. The Morgan fingerprint density at radius 2 is 1.40 bits per heavy atom. The number of urea groups is 1. The molecule has 0 spiro atoms. The van der Waals surface area contributed by atoms with Crippen molar-refractivity contribution in [2.75, 3.05) is 46.7 Å². The van der Waals surface area contributed by atoms with Crippen molar-refractivity contribution in [3.63, 3.8) is 0 Å².